The maximum absolute atomic E-state index is 13.2. The van der Waals surface area contributed by atoms with Crippen molar-refractivity contribution in [1.82, 2.24) is 15.3 Å². The molecule has 0 fully saturated rings. The second kappa shape index (κ2) is 12.8. The van der Waals surface area contributed by atoms with Crippen molar-refractivity contribution in [3.63, 3.8) is 0 Å². The van der Waals surface area contributed by atoms with Crippen molar-refractivity contribution in [3.8, 4) is 0 Å². The zero-order chi connectivity index (χ0) is 27.1. The lowest BCUT2D eigenvalue weighted by Crippen LogP contribution is -2.35. The summed E-state index contributed by atoms with van der Waals surface area (Å²) in [6.07, 6.45) is 1.45. The Morgan fingerprint density at radius 3 is 2.57 bits per heavy atom. The smallest absolute Gasteiger partial charge is 0.336 e. The summed E-state index contributed by atoms with van der Waals surface area (Å²) in [5.41, 5.74) is 2.12. The van der Waals surface area contributed by atoms with Crippen LogP contribution in [0.5, 0.6) is 0 Å². The van der Waals surface area contributed by atoms with Gasteiger partial charge >= 0.3 is 11.9 Å². The number of ketones is 1. The van der Waals surface area contributed by atoms with Gasteiger partial charge in [-0.3, -0.25) is 4.79 Å². The maximum atomic E-state index is 13.2. The van der Waals surface area contributed by atoms with E-state index in [-0.39, 0.29) is 46.8 Å². The highest BCUT2D eigenvalue weighted by Gasteiger charge is 2.40. The molecule has 12 heteroatoms. The van der Waals surface area contributed by atoms with E-state index in [4.69, 9.17) is 37.4 Å². The number of benzene rings is 1. The number of hydrogen-bond acceptors (Lipinski definition) is 9. The van der Waals surface area contributed by atoms with Gasteiger partial charge in [0.2, 0.25) is 5.95 Å². The molecular weight excluding hydrogens is 523 g/mol. The molecule has 3 rings (SSSR count). The number of dihydropyridines is 1. The third-order valence-electron chi connectivity index (χ3n) is 5.58. The second-order valence-electron chi connectivity index (χ2n) is 8.03. The number of nitrogens with one attached hydrogen (secondary N) is 3. The number of halogens is 2. The Balaban J connectivity index is 1.89. The minimum absolute atomic E-state index is 0.00710. The normalized spacial score (nSPS) is 15.4. The summed E-state index contributed by atoms with van der Waals surface area (Å²) in [7, 11) is 1.26. The van der Waals surface area contributed by atoms with Gasteiger partial charge in [-0.1, -0.05) is 35.3 Å². The summed E-state index contributed by atoms with van der Waals surface area (Å²) in [6.45, 7) is 5.58. The molecule has 2 heterocycles. The number of hydrogen-bond donors (Lipinski definition) is 3. The zero-order valence-electron chi connectivity index (χ0n) is 20.9. The molecule has 2 aromatic rings. The van der Waals surface area contributed by atoms with Crippen molar-refractivity contribution in [2.45, 2.75) is 26.7 Å². The number of carbonyl (C=O) groups is 3. The van der Waals surface area contributed by atoms with Gasteiger partial charge < -0.3 is 29.8 Å². The second-order valence-corrected chi connectivity index (χ2v) is 8.81. The van der Waals surface area contributed by atoms with Crippen molar-refractivity contribution < 1.29 is 28.6 Å². The van der Waals surface area contributed by atoms with E-state index >= 15 is 0 Å². The number of aromatic nitrogens is 2. The molecular formula is C25H28Cl2N4O6. The van der Waals surface area contributed by atoms with Gasteiger partial charge in [0.05, 0.1) is 65.9 Å². The van der Waals surface area contributed by atoms with Crippen LogP contribution < -0.4 is 10.6 Å². The number of methoxy groups -OCH3 is 1. The first-order valence-corrected chi connectivity index (χ1v) is 12.2. The van der Waals surface area contributed by atoms with Crippen molar-refractivity contribution in [3.05, 3.63) is 68.2 Å². The van der Waals surface area contributed by atoms with Gasteiger partial charge in [0, 0.05) is 19.2 Å². The third-order valence-corrected chi connectivity index (χ3v) is 6.41. The summed E-state index contributed by atoms with van der Waals surface area (Å²) < 4.78 is 16.2. The summed E-state index contributed by atoms with van der Waals surface area (Å²) in [6, 6.07) is 5.00. The first-order valence-electron chi connectivity index (χ1n) is 11.5. The minimum Gasteiger partial charge on any atom is -0.466 e. The first kappa shape index (κ1) is 28.2. The third kappa shape index (κ3) is 6.51. The Labute approximate surface area is 224 Å². The topological polar surface area (TPSA) is 132 Å². The lowest BCUT2D eigenvalue weighted by molar-refractivity contribution is -0.139. The van der Waals surface area contributed by atoms with E-state index in [1.165, 1.54) is 20.2 Å². The quantitative estimate of drug-likeness (QED) is 0.215. The van der Waals surface area contributed by atoms with Crippen molar-refractivity contribution in [2.24, 2.45) is 0 Å². The van der Waals surface area contributed by atoms with Gasteiger partial charge in [-0.2, -0.15) is 0 Å². The molecule has 1 aliphatic heterocycles. The molecule has 10 nitrogen and oxygen atoms in total. The Bertz CT molecular complexity index is 1250. The van der Waals surface area contributed by atoms with E-state index in [1.807, 2.05) is 0 Å². The number of rotatable bonds is 11. The average Bonchev–Trinajstić information content (AvgIpc) is 3.34. The van der Waals surface area contributed by atoms with Gasteiger partial charge in [-0.15, -0.1) is 0 Å². The van der Waals surface area contributed by atoms with Crippen LogP contribution in [0.4, 0.5) is 5.95 Å². The molecule has 37 heavy (non-hydrogen) atoms. The van der Waals surface area contributed by atoms with Crippen LogP contribution in [0.3, 0.4) is 0 Å². The predicted octanol–water partition coefficient (Wildman–Crippen LogP) is 4.00. The van der Waals surface area contributed by atoms with Gasteiger partial charge in [-0.05, 0) is 25.5 Å². The number of nitrogens with zero attached hydrogens (tertiary/aromatic N) is 1. The molecule has 1 aromatic heterocycles. The van der Waals surface area contributed by atoms with Gasteiger partial charge in [0.1, 0.15) is 5.69 Å². The fourth-order valence-corrected chi connectivity index (χ4v) is 4.32. The van der Waals surface area contributed by atoms with E-state index < -0.39 is 17.9 Å². The lowest BCUT2D eigenvalue weighted by atomic mass is 9.80. The predicted molar refractivity (Wildman–Crippen MR) is 139 cm³/mol. The molecule has 0 amide bonds. The molecule has 0 saturated heterocycles. The van der Waals surface area contributed by atoms with Crippen LogP contribution in [0, 0.1) is 0 Å². The van der Waals surface area contributed by atoms with E-state index in [9.17, 15) is 14.4 Å². The van der Waals surface area contributed by atoms with Crippen molar-refractivity contribution in [1.29, 1.82) is 0 Å². The number of ether oxygens (including phenoxy) is 3. The molecule has 0 saturated carbocycles. The van der Waals surface area contributed by atoms with Gasteiger partial charge in [0.25, 0.3) is 0 Å². The number of aromatic amines is 1. The highest BCUT2D eigenvalue weighted by atomic mass is 35.5. The maximum Gasteiger partial charge on any atom is 0.336 e. The molecule has 0 radical (unpaired) electrons. The molecule has 1 aliphatic rings. The number of H-pyrrole nitrogens is 1. The number of Topliss-reactive ketones (excluding diaryl/α,β-unsaturated/α-hetero) is 1. The number of esters is 2. The highest BCUT2D eigenvalue weighted by Crippen LogP contribution is 2.43. The number of carbonyl (C=O) groups excluding carboxylic acids is 3. The van der Waals surface area contributed by atoms with Crippen LogP contribution >= 0.6 is 23.2 Å². The van der Waals surface area contributed by atoms with Crippen LogP contribution in [0.2, 0.25) is 10.0 Å². The van der Waals surface area contributed by atoms with Crippen molar-refractivity contribution >= 4 is 46.9 Å². The summed E-state index contributed by atoms with van der Waals surface area (Å²) in [5, 5.41) is 6.62. The van der Waals surface area contributed by atoms with E-state index in [0.29, 0.717) is 35.1 Å². The van der Waals surface area contributed by atoms with E-state index in [1.54, 1.807) is 32.0 Å². The Hall–Kier alpha value is -3.34. The average molecular weight is 551 g/mol. The van der Waals surface area contributed by atoms with Crippen LogP contribution in [-0.2, 0) is 23.8 Å². The molecule has 3 N–H and O–H groups in total. The largest absolute Gasteiger partial charge is 0.466 e. The number of allylic oxidation sites excluding steroid dienone is 1. The van der Waals surface area contributed by atoms with Crippen molar-refractivity contribution in [2.75, 3.05) is 38.8 Å². The molecule has 0 bridgehead atoms. The van der Waals surface area contributed by atoms with Crippen LogP contribution in [0.25, 0.3) is 0 Å². The lowest BCUT2D eigenvalue weighted by Gasteiger charge is -2.31. The minimum atomic E-state index is -0.899. The Morgan fingerprint density at radius 2 is 1.92 bits per heavy atom. The van der Waals surface area contributed by atoms with Gasteiger partial charge in [0.15, 0.2) is 5.78 Å². The molecule has 1 atom stereocenters. The molecule has 0 spiro atoms. The monoisotopic (exact) mass is 550 g/mol. The number of imidazole rings is 1. The van der Waals surface area contributed by atoms with E-state index in [0.717, 1.165) is 0 Å². The van der Waals surface area contributed by atoms with Gasteiger partial charge in [-0.25, -0.2) is 14.6 Å². The van der Waals surface area contributed by atoms with E-state index in [2.05, 4.69) is 20.6 Å². The molecule has 0 aliphatic carbocycles. The van der Waals surface area contributed by atoms with Crippen LogP contribution in [0.1, 0.15) is 42.7 Å². The SMILES string of the molecule is CCOC(=O)C1=C(COCCNc2ncc(C(C)=O)[nH]2)NC(C)=C(C(=O)OC)C1c1cccc(Cl)c1Cl. The summed E-state index contributed by atoms with van der Waals surface area (Å²) in [5.74, 6) is -1.84. The van der Waals surface area contributed by atoms with Crippen LogP contribution in [-0.4, -0.2) is 61.2 Å². The summed E-state index contributed by atoms with van der Waals surface area (Å²) in [4.78, 5) is 44.4. The van der Waals surface area contributed by atoms with Crippen LogP contribution in [0.15, 0.2) is 46.9 Å². The Kier molecular flexibility index (Phi) is 9.73. The summed E-state index contributed by atoms with van der Waals surface area (Å²) >= 11 is 12.8. The molecule has 1 aromatic carbocycles. The molecule has 1 unspecified atom stereocenters. The zero-order valence-corrected chi connectivity index (χ0v) is 22.4. The highest BCUT2D eigenvalue weighted by molar-refractivity contribution is 6.42. The standard InChI is InChI=1S/C25H28Cl2N4O6/c1-5-37-24(34)21-18(12-36-10-9-28-25-29-11-17(31-25)14(3)32)30-13(2)19(23(33)35-4)20(21)15-7-6-8-16(26)22(15)27/h6-8,11,20,30H,5,9-10,12H2,1-4H3,(H2,28,29,31). The first-order chi connectivity index (χ1) is 17.7. The molecule has 198 valence electrons. The number of anilines is 1. The fraction of sp³-hybridized carbons (Fsp3) is 0.360. The Morgan fingerprint density at radius 1 is 1.16 bits per heavy atom. The fourth-order valence-electron chi connectivity index (χ4n) is 3.90.